The molecule has 0 amide bonds. The molecule has 0 atom stereocenters. The molecule has 0 aliphatic heterocycles. The summed E-state index contributed by atoms with van der Waals surface area (Å²) in [5.41, 5.74) is 4.08. The molecule has 0 spiro atoms. The summed E-state index contributed by atoms with van der Waals surface area (Å²) in [6, 6.07) is 16.5. The monoisotopic (exact) mass is 372 g/mol. The lowest BCUT2D eigenvalue weighted by atomic mass is 10.1. The smallest absolute Gasteiger partial charge is 0.161 e. The first-order valence-electron chi connectivity index (χ1n) is 8.70. The van der Waals surface area contributed by atoms with Gasteiger partial charge in [0.25, 0.3) is 0 Å². The highest BCUT2D eigenvalue weighted by Crippen LogP contribution is 2.28. The van der Waals surface area contributed by atoms with Crippen molar-refractivity contribution in [3.8, 4) is 0 Å². The van der Waals surface area contributed by atoms with E-state index in [1.807, 2.05) is 24.3 Å². The molecule has 0 saturated heterocycles. The number of anilines is 2. The Hall–Kier alpha value is -3.32. The Kier molecular flexibility index (Phi) is 3.99. The van der Waals surface area contributed by atoms with Crippen molar-refractivity contribution in [1.82, 2.24) is 25.1 Å². The van der Waals surface area contributed by atoms with Crippen molar-refractivity contribution in [2.45, 2.75) is 12.8 Å². The van der Waals surface area contributed by atoms with E-state index in [1.54, 1.807) is 23.9 Å². The zero-order chi connectivity index (χ0) is 18.1. The molecule has 6 nitrogen and oxygen atoms in total. The van der Waals surface area contributed by atoms with Gasteiger partial charge < -0.3 is 5.32 Å². The maximum atomic E-state index is 4.79. The molecule has 5 rings (SSSR count). The fourth-order valence-corrected chi connectivity index (χ4v) is 3.95. The minimum Gasteiger partial charge on any atom is -0.338 e. The van der Waals surface area contributed by atoms with Crippen molar-refractivity contribution in [3.63, 3.8) is 0 Å². The largest absolute Gasteiger partial charge is 0.338 e. The van der Waals surface area contributed by atoms with Crippen LogP contribution in [0.1, 0.15) is 10.6 Å². The summed E-state index contributed by atoms with van der Waals surface area (Å²) < 4.78 is 0. The zero-order valence-corrected chi connectivity index (χ0v) is 15.2. The average molecular weight is 372 g/mol. The summed E-state index contributed by atoms with van der Waals surface area (Å²) in [6.07, 6.45) is 5.25. The van der Waals surface area contributed by atoms with Crippen molar-refractivity contribution in [1.29, 1.82) is 0 Å². The number of H-pyrrole nitrogens is 1. The average Bonchev–Trinajstić information content (AvgIpc) is 3.34. The quantitative estimate of drug-likeness (QED) is 0.475. The molecule has 7 heteroatoms. The Labute approximate surface area is 159 Å². The molecule has 132 valence electrons. The Morgan fingerprint density at radius 2 is 1.93 bits per heavy atom. The third-order valence-electron chi connectivity index (χ3n) is 4.41. The number of rotatable bonds is 5. The highest BCUT2D eigenvalue weighted by atomic mass is 32.1. The maximum absolute atomic E-state index is 4.79. The lowest BCUT2D eigenvalue weighted by Crippen LogP contribution is -1.96. The molecule has 0 bridgehead atoms. The van der Waals surface area contributed by atoms with Crippen LogP contribution in [0.25, 0.3) is 21.3 Å². The van der Waals surface area contributed by atoms with E-state index in [-0.39, 0.29) is 0 Å². The Morgan fingerprint density at radius 1 is 1.00 bits per heavy atom. The van der Waals surface area contributed by atoms with Gasteiger partial charge in [-0.1, -0.05) is 41.7 Å². The summed E-state index contributed by atoms with van der Waals surface area (Å²) in [5.74, 6) is 0.727. The predicted molar refractivity (Wildman–Crippen MR) is 108 cm³/mol. The fourth-order valence-electron chi connectivity index (χ4n) is 3.05. The van der Waals surface area contributed by atoms with Gasteiger partial charge in [-0.25, -0.2) is 15.0 Å². The van der Waals surface area contributed by atoms with Crippen LogP contribution >= 0.6 is 11.3 Å². The van der Waals surface area contributed by atoms with Gasteiger partial charge >= 0.3 is 0 Å². The number of aromatic amines is 1. The van der Waals surface area contributed by atoms with E-state index in [0.29, 0.717) is 0 Å². The van der Waals surface area contributed by atoms with Gasteiger partial charge in [0.15, 0.2) is 5.82 Å². The van der Waals surface area contributed by atoms with Crippen LogP contribution in [0, 0.1) is 0 Å². The molecular weight excluding hydrogens is 356 g/mol. The number of nitrogens with one attached hydrogen (secondary N) is 2. The first kappa shape index (κ1) is 15.9. The predicted octanol–water partition coefficient (Wildman–Crippen LogP) is 4.49. The third kappa shape index (κ3) is 3.24. The van der Waals surface area contributed by atoms with Crippen LogP contribution in [-0.4, -0.2) is 25.1 Å². The van der Waals surface area contributed by atoms with Crippen molar-refractivity contribution < 1.29 is 0 Å². The van der Waals surface area contributed by atoms with Crippen molar-refractivity contribution in [2.24, 2.45) is 0 Å². The summed E-state index contributed by atoms with van der Waals surface area (Å²) in [4.78, 5) is 14.5. The number of fused-ring (bicyclic) bond motifs is 2. The summed E-state index contributed by atoms with van der Waals surface area (Å²) in [6.45, 7) is 0. The van der Waals surface area contributed by atoms with Gasteiger partial charge in [-0.3, -0.25) is 5.10 Å². The second kappa shape index (κ2) is 6.77. The van der Waals surface area contributed by atoms with Gasteiger partial charge in [0.2, 0.25) is 0 Å². The summed E-state index contributed by atoms with van der Waals surface area (Å²) in [5, 5.41) is 12.5. The number of nitrogens with zero attached hydrogens (tertiary/aromatic N) is 4. The molecule has 0 aliphatic carbocycles. The van der Waals surface area contributed by atoms with Crippen LogP contribution in [-0.2, 0) is 12.8 Å². The standard InChI is InChI=1S/C20H16N6S/c1-2-4-13(5-3-1)6-9-17-25-18-19(21-12-22-20(18)27-17)24-15-7-8-16-14(10-15)11-23-26-16/h1-5,7-8,10-12H,6,9H2,(H,23,26)(H,21,22,24). The second-order valence-electron chi connectivity index (χ2n) is 6.27. The van der Waals surface area contributed by atoms with E-state index in [4.69, 9.17) is 4.98 Å². The molecule has 3 heterocycles. The van der Waals surface area contributed by atoms with Gasteiger partial charge in [0.05, 0.1) is 16.7 Å². The van der Waals surface area contributed by atoms with Crippen LogP contribution in [0.3, 0.4) is 0 Å². The lowest BCUT2D eigenvalue weighted by Gasteiger charge is -2.05. The summed E-state index contributed by atoms with van der Waals surface area (Å²) in [7, 11) is 0. The number of aromatic nitrogens is 5. The first-order chi connectivity index (χ1) is 13.3. The fraction of sp³-hybridized carbons (Fsp3) is 0.100. The molecule has 2 N–H and O–H groups in total. The van der Waals surface area contributed by atoms with Gasteiger partial charge in [0.1, 0.15) is 16.7 Å². The molecule has 3 aromatic heterocycles. The van der Waals surface area contributed by atoms with E-state index in [2.05, 4.69) is 49.7 Å². The molecule has 0 radical (unpaired) electrons. The Bertz CT molecular complexity index is 1210. The summed E-state index contributed by atoms with van der Waals surface area (Å²) >= 11 is 1.63. The van der Waals surface area contributed by atoms with Crippen LogP contribution in [0.5, 0.6) is 0 Å². The third-order valence-corrected chi connectivity index (χ3v) is 5.44. The van der Waals surface area contributed by atoms with Crippen molar-refractivity contribution >= 4 is 44.1 Å². The zero-order valence-electron chi connectivity index (χ0n) is 14.4. The topological polar surface area (TPSA) is 79.4 Å². The molecule has 0 unspecified atom stereocenters. The number of thiazole rings is 1. The molecule has 5 aromatic rings. The molecule has 2 aromatic carbocycles. The molecule has 0 aliphatic rings. The molecule has 0 saturated carbocycles. The Morgan fingerprint density at radius 3 is 2.85 bits per heavy atom. The molecule has 0 fully saturated rings. The first-order valence-corrected chi connectivity index (χ1v) is 9.51. The van der Waals surface area contributed by atoms with E-state index in [0.717, 1.165) is 50.6 Å². The highest BCUT2D eigenvalue weighted by Gasteiger charge is 2.11. The second-order valence-corrected chi connectivity index (χ2v) is 7.33. The number of aryl methyl sites for hydroxylation is 2. The number of hydrogen-bond acceptors (Lipinski definition) is 6. The van der Waals surface area contributed by atoms with E-state index >= 15 is 0 Å². The van der Waals surface area contributed by atoms with Crippen LogP contribution in [0.4, 0.5) is 11.5 Å². The van der Waals surface area contributed by atoms with E-state index < -0.39 is 0 Å². The normalized spacial score (nSPS) is 11.3. The van der Waals surface area contributed by atoms with Crippen molar-refractivity contribution in [3.05, 3.63) is 71.6 Å². The van der Waals surface area contributed by atoms with E-state index in [1.165, 1.54) is 5.56 Å². The molecular formula is C20H16N6S. The molecule has 27 heavy (non-hydrogen) atoms. The van der Waals surface area contributed by atoms with Crippen LogP contribution in [0.15, 0.2) is 61.1 Å². The lowest BCUT2D eigenvalue weighted by molar-refractivity contribution is 0.949. The van der Waals surface area contributed by atoms with E-state index in [9.17, 15) is 0 Å². The van der Waals surface area contributed by atoms with Gasteiger partial charge in [-0.2, -0.15) is 5.10 Å². The SMILES string of the molecule is c1ccc(CCc2nc3c(Nc4ccc5[nH]ncc5c4)ncnc3s2)cc1. The number of benzene rings is 2. The maximum Gasteiger partial charge on any atom is 0.161 e. The van der Waals surface area contributed by atoms with Gasteiger partial charge in [-0.15, -0.1) is 0 Å². The van der Waals surface area contributed by atoms with Gasteiger partial charge in [-0.05, 0) is 30.2 Å². The Balaban J connectivity index is 1.41. The minimum absolute atomic E-state index is 0.727. The van der Waals surface area contributed by atoms with Crippen LogP contribution in [0.2, 0.25) is 0 Å². The van der Waals surface area contributed by atoms with Gasteiger partial charge in [0, 0.05) is 17.5 Å². The minimum atomic E-state index is 0.727. The number of hydrogen-bond donors (Lipinski definition) is 2. The van der Waals surface area contributed by atoms with Crippen molar-refractivity contribution in [2.75, 3.05) is 5.32 Å². The van der Waals surface area contributed by atoms with Crippen LogP contribution < -0.4 is 5.32 Å². The highest BCUT2D eigenvalue weighted by molar-refractivity contribution is 7.18.